The van der Waals surface area contributed by atoms with E-state index in [9.17, 15) is 0 Å². The Bertz CT molecular complexity index is 610. The van der Waals surface area contributed by atoms with Gasteiger partial charge < -0.3 is 0 Å². The van der Waals surface area contributed by atoms with Crippen molar-refractivity contribution in [1.29, 1.82) is 0 Å². The van der Waals surface area contributed by atoms with Crippen LogP contribution < -0.4 is 9.44 Å². The van der Waals surface area contributed by atoms with Gasteiger partial charge >= 0.3 is 0 Å². The summed E-state index contributed by atoms with van der Waals surface area (Å²) in [7, 11) is 0. The molecule has 0 radical (unpaired) electrons. The van der Waals surface area contributed by atoms with Crippen LogP contribution in [-0.4, -0.2) is 12.5 Å². The lowest BCUT2D eigenvalue weighted by Gasteiger charge is -2.07. The van der Waals surface area contributed by atoms with Gasteiger partial charge in [0.1, 0.15) is 0 Å². The van der Waals surface area contributed by atoms with Crippen molar-refractivity contribution < 1.29 is 0 Å². The minimum atomic E-state index is 0.620. The molecule has 0 aliphatic carbocycles. The van der Waals surface area contributed by atoms with Crippen LogP contribution in [0.3, 0.4) is 0 Å². The van der Waals surface area contributed by atoms with Gasteiger partial charge in [-0.25, -0.2) is 0 Å². The molecule has 2 aromatic rings. The fourth-order valence-corrected chi connectivity index (χ4v) is 3.02. The summed E-state index contributed by atoms with van der Waals surface area (Å²) in [6.07, 6.45) is 4.09. The Morgan fingerprint density at radius 2 is 1.23 bits per heavy atom. The van der Waals surface area contributed by atoms with Crippen LogP contribution in [0.15, 0.2) is 48.5 Å². The highest BCUT2D eigenvalue weighted by Crippen LogP contribution is 2.16. The van der Waals surface area contributed by atoms with E-state index in [0.29, 0.717) is 11.8 Å². The standard InChI is InChI=1S/2C11H17NS/c1-9(2)11-6-4-10(5-7-11)8-12-13-3;1-9(2)11-6-4-5-10(7-11)8-12-13-3/h2*4-7,9,12H,8H2,1-3H3. The van der Waals surface area contributed by atoms with Gasteiger partial charge in [-0.2, -0.15) is 0 Å². The zero-order valence-electron chi connectivity index (χ0n) is 17.0. The van der Waals surface area contributed by atoms with E-state index in [0.717, 1.165) is 13.1 Å². The molecule has 0 aliphatic rings. The summed E-state index contributed by atoms with van der Waals surface area (Å²) in [5.74, 6) is 1.25. The van der Waals surface area contributed by atoms with Gasteiger partial charge in [-0.05, 0) is 46.6 Å². The van der Waals surface area contributed by atoms with Crippen LogP contribution in [0.25, 0.3) is 0 Å². The molecule has 0 aromatic heterocycles. The fourth-order valence-electron chi connectivity index (χ4n) is 2.39. The summed E-state index contributed by atoms with van der Waals surface area (Å²) in [5, 5.41) is 0. The molecule has 0 spiro atoms. The van der Waals surface area contributed by atoms with Crippen LogP contribution in [0.4, 0.5) is 0 Å². The zero-order valence-corrected chi connectivity index (χ0v) is 18.6. The molecular formula is C22H34N2S2. The Labute approximate surface area is 169 Å². The van der Waals surface area contributed by atoms with Crippen molar-refractivity contribution >= 4 is 23.9 Å². The zero-order chi connectivity index (χ0) is 19.4. The monoisotopic (exact) mass is 390 g/mol. The molecular weight excluding hydrogens is 356 g/mol. The highest BCUT2D eigenvalue weighted by Gasteiger charge is 1.99. The lowest BCUT2D eigenvalue weighted by molar-refractivity contribution is 0.858. The van der Waals surface area contributed by atoms with Gasteiger partial charge in [0.25, 0.3) is 0 Å². The van der Waals surface area contributed by atoms with Gasteiger partial charge in [0, 0.05) is 13.1 Å². The van der Waals surface area contributed by atoms with Crippen molar-refractivity contribution in [3.63, 3.8) is 0 Å². The predicted octanol–water partition coefficient (Wildman–Crippen LogP) is 6.36. The van der Waals surface area contributed by atoms with Crippen molar-refractivity contribution in [2.45, 2.75) is 52.6 Å². The third kappa shape index (κ3) is 9.13. The van der Waals surface area contributed by atoms with Crippen LogP contribution in [0.1, 0.15) is 61.8 Å². The first-order valence-corrected chi connectivity index (χ1v) is 11.6. The van der Waals surface area contributed by atoms with E-state index in [1.807, 2.05) is 12.5 Å². The summed E-state index contributed by atoms with van der Waals surface area (Å²) >= 11 is 3.32. The van der Waals surface area contributed by atoms with Crippen LogP contribution >= 0.6 is 23.9 Å². The van der Waals surface area contributed by atoms with E-state index in [4.69, 9.17) is 0 Å². The smallest absolute Gasteiger partial charge is 0.0309 e. The van der Waals surface area contributed by atoms with Crippen molar-refractivity contribution in [1.82, 2.24) is 9.44 Å². The lowest BCUT2D eigenvalue weighted by atomic mass is 10.0. The van der Waals surface area contributed by atoms with Gasteiger partial charge in [0.15, 0.2) is 0 Å². The highest BCUT2D eigenvalue weighted by molar-refractivity contribution is 7.96. The van der Waals surface area contributed by atoms with Crippen molar-refractivity contribution in [3.8, 4) is 0 Å². The molecule has 2 N–H and O–H groups in total. The summed E-state index contributed by atoms with van der Waals surface area (Å²) < 4.78 is 6.48. The van der Waals surface area contributed by atoms with Gasteiger partial charge in [-0.15, -0.1) is 0 Å². The maximum atomic E-state index is 3.25. The van der Waals surface area contributed by atoms with Crippen molar-refractivity contribution in [2.75, 3.05) is 12.5 Å². The summed E-state index contributed by atoms with van der Waals surface area (Å²) in [6, 6.07) is 17.6. The van der Waals surface area contributed by atoms with Crippen LogP contribution in [0, 0.1) is 0 Å². The quantitative estimate of drug-likeness (QED) is 0.512. The van der Waals surface area contributed by atoms with E-state index in [-0.39, 0.29) is 0 Å². The number of rotatable bonds is 8. The first-order chi connectivity index (χ1) is 12.5. The van der Waals surface area contributed by atoms with Gasteiger partial charge in [-0.3, -0.25) is 9.44 Å². The maximum Gasteiger partial charge on any atom is 0.0309 e. The van der Waals surface area contributed by atoms with Crippen molar-refractivity contribution in [2.24, 2.45) is 0 Å². The Morgan fingerprint density at radius 3 is 1.73 bits per heavy atom. The Hall–Kier alpha value is -0.940. The van der Waals surface area contributed by atoms with Gasteiger partial charge in [0.05, 0.1) is 0 Å². The van der Waals surface area contributed by atoms with Crippen LogP contribution in [0.5, 0.6) is 0 Å². The Kier molecular flexibility index (Phi) is 11.8. The van der Waals surface area contributed by atoms with E-state index < -0.39 is 0 Å². The third-order valence-electron chi connectivity index (χ3n) is 4.11. The molecule has 0 fully saturated rings. The third-order valence-corrected chi connectivity index (χ3v) is 4.97. The fraction of sp³-hybridized carbons (Fsp3) is 0.455. The second-order valence-corrected chi connectivity index (χ2v) is 8.24. The summed E-state index contributed by atoms with van der Waals surface area (Å²) in [5.41, 5.74) is 5.53. The second-order valence-electron chi connectivity index (χ2n) is 6.85. The molecule has 0 saturated carbocycles. The van der Waals surface area contributed by atoms with E-state index >= 15 is 0 Å². The van der Waals surface area contributed by atoms with E-state index in [1.165, 1.54) is 22.3 Å². The molecule has 26 heavy (non-hydrogen) atoms. The number of nitrogens with one attached hydrogen (secondary N) is 2. The number of hydrogen-bond acceptors (Lipinski definition) is 4. The van der Waals surface area contributed by atoms with Crippen LogP contribution in [0.2, 0.25) is 0 Å². The SMILES string of the molecule is CSNCc1ccc(C(C)C)cc1.CSNCc1cccc(C(C)C)c1. The highest BCUT2D eigenvalue weighted by atomic mass is 32.2. The Morgan fingerprint density at radius 1 is 0.692 bits per heavy atom. The van der Waals surface area contributed by atoms with Gasteiger partial charge in [0.2, 0.25) is 0 Å². The number of hydrogen-bond donors (Lipinski definition) is 2. The largest absolute Gasteiger partial charge is 0.260 e. The maximum absolute atomic E-state index is 3.25. The van der Waals surface area contributed by atoms with Gasteiger partial charge in [-0.1, -0.05) is 100 Å². The normalized spacial score (nSPS) is 10.8. The second kappa shape index (κ2) is 13.3. The molecule has 0 saturated heterocycles. The van der Waals surface area contributed by atoms with E-state index in [2.05, 4.69) is 85.7 Å². The first-order valence-electron chi connectivity index (χ1n) is 9.17. The first kappa shape index (κ1) is 23.1. The summed E-state index contributed by atoms with van der Waals surface area (Å²) in [6.45, 7) is 10.8. The topological polar surface area (TPSA) is 24.1 Å². The average molecular weight is 391 g/mol. The molecule has 0 heterocycles. The molecule has 4 heteroatoms. The predicted molar refractivity (Wildman–Crippen MR) is 122 cm³/mol. The summed E-state index contributed by atoms with van der Waals surface area (Å²) in [4.78, 5) is 0. The number of benzene rings is 2. The molecule has 0 bridgehead atoms. The molecule has 0 amide bonds. The van der Waals surface area contributed by atoms with E-state index in [1.54, 1.807) is 23.9 Å². The molecule has 2 nitrogen and oxygen atoms in total. The molecule has 2 aromatic carbocycles. The lowest BCUT2D eigenvalue weighted by Crippen LogP contribution is -2.02. The molecule has 2 rings (SSSR count). The van der Waals surface area contributed by atoms with Crippen LogP contribution in [-0.2, 0) is 13.1 Å². The minimum absolute atomic E-state index is 0.620. The average Bonchev–Trinajstić information content (AvgIpc) is 2.65. The molecule has 144 valence electrons. The molecule has 0 unspecified atom stereocenters. The Balaban J connectivity index is 0.000000260. The minimum Gasteiger partial charge on any atom is -0.260 e. The molecule has 0 aliphatic heterocycles. The van der Waals surface area contributed by atoms with Crippen molar-refractivity contribution in [3.05, 3.63) is 70.8 Å². The molecule has 0 atom stereocenters.